The van der Waals surface area contributed by atoms with Crippen molar-refractivity contribution in [3.05, 3.63) is 11.3 Å². The molecule has 1 rings (SSSR count). The Hall–Kier alpha value is -1.11. The summed E-state index contributed by atoms with van der Waals surface area (Å²) in [5.74, 6) is 1.15. The van der Waals surface area contributed by atoms with E-state index in [1.165, 1.54) is 5.56 Å². The first-order chi connectivity index (χ1) is 9.65. The van der Waals surface area contributed by atoms with Gasteiger partial charge in [-0.05, 0) is 13.5 Å². The smallest absolute Gasteiger partial charge is 0.131 e. The second-order valence-electron chi connectivity index (χ2n) is 4.76. The predicted molar refractivity (Wildman–Crippen MR) is 81.3 cm³/mol. The fraction of sp³-hybridized carbons (Fsp3) is 0.786. The standard InChI is InChI=1S/C14H28N4O2/c1-6-15-11-13-12(2)16-17(3)14(13)18(7-9-19-4)8-10-20-5/h15H,6-11H2,1-5H3. The van der Waals surface area contributed by atoms with E-state index in [1.54, 1.807) is 14.2 Å². The highest BCUT2D eigenvalue weighted by Crippen LogP contribution is 2.23. The Morgan fingerprint density at radius 1 is 1.20 bits per heavy atom. The van der Waals surface area contributed by atoms with Gasteiger partial charge in [-0.1, -0.05) is 6.92 Å². The van der Waals surface area contributed by atoms with Gasteiger partial charge in [-0.3, -0.25) is 4.68 Å². The molecule has 0 spiro atoms. The Morgan fingerprint density at radius 2 is 1.80 bits per heavy atom. The van der Waals surface area contributed by atoms with Crippen LogP contribution < -0.4 is 10.2 Å². The average molecular weight is 284 g/mol. The lowest BCUT2D eigenvalue weighted by Gasteiger charge is -2.25. The van der Waals surface area contributed by atoms with Crippen molar-refractivity contribution in [1.29, 1.82) is 0 Å². The highest BCUT2D eigenvalue weighted by molar-refractivity contribution is 5.50. The van der Waals surface area contributed by atoms with Crippen LogP contribution in [0, 0.1) is 6.92 Å². The van der Waals surface area contributed by atoms with Gasteiger partial charge < -0.3 is 19.7 Å². The molecule has 0 aliphatic rings. The molecule has 1 heterocycles. The summed E-state index contributed by atoms with van der Waals surface area (Å²) in [7, 11) is 5.44. The van der Waals surface area contributed by atoms with Gasteiger partial charge in [0.05, 0.1) is 18.9 Å². The van der Waals surface area contributed by atoms with Gasteiger partial charge in [-0.25, -0.2) is 0 Å². The molecule has 1 aromatic heterocycles. The Balaban J connectivity index is 2.96. The molecule has 0 unspecified atom stereocenters. The van der Waals surface area contributed by atoms with Crippen LogP contribution in [0.2, 0.25) is 0 Å². The number of ether oxygens (including phenoxy) is 2. The molecule has 6 nitrogen and oxygen atoms in total. The normalized spacial score (nSPS) is 11.1. The zero-order chi connectivity index (χ0) is 15.0. The lowest BCUT2D eigenvalue weighted by Crippen LogP contribution is -2.33. The number of hydrogen-bond donors (Lipinski definition) is 1. The van der Waals surface area contributed by atoms with E-state index in [9.17, 15) is 0 Å². The zero-order valence-electron chi connectivity index (χ0n) is 13.4. The van der Waals surface area contributed by atoms with Gasteiger partial charge in [0.1, 0.15) is 5.82 Å². The molecule has 0 saturated carbocycles. The number of nitrogens with one attached hydrogen (secondary N) is 1. The third kappa shape index (κ3) is 4.47. The van der Waals surface area contributed by atoms with Crippen molar-refractivity contribution in [2.45, 2.75) is 20.4 Å². The van der Waals surface area contributed by atoms with Gasteiger partial charge in [0.2, 0.25) is 0 Å². The summed E-state index contributed by atoms with van der Waals surface area (Å²) in [4.78, 5) is 2.28. The summed E-state index contributed by atoms with van der Waals surface area (Å²) in [6.45, 7) is 8.99. The fourth-order valence-corrected chi connectivity index (χ4v) is 2.27. The number of anilines is 1. The van der Waals surface area contributed by atoms with Crippen LogP contribution in [0.15, 0.2) is 0 Å². The van der Waals surface area contributed by atoms with Crippen molar-refractivity contribution in [2.24, 2.45) is 7.05 Å². The molecule has 0 saturated heterocycles. The number of aryl methyl sites for hydroxylation is 2. The predicted octanol–water partition coefficient (Wildman–Crippen LogP) is 0.937. The molecule has 0 aliphatic carbocycles. The van der Waals surface area contributed by atoms with Crippen molar-refractivity contribution < 1.29 is 9.47 Å². The molecular formula is C14H28N4O2. The number of nitrogens with zero attached hydrogens (tertiary/aromatic N) is 3. The molecule has 1 N–H and O–H groups in total. The third-order valence-corrected chi connectivity index (χ3v) is 3.30. The lowest BCUT2D eigenvalue weighted by atomic mass is 10.2. The van der Waals surface area contributed by atoms with E-state index in [1.807, 2.05) is 11.7 Å². The maximum absolute atomic E-state index is 5.21. The van der Waals surface area contributed by atoms with Crippen LogP contribution in [0.5, 0.6) is 0 Å². The largest absolute Gasteiger partial charge is 0.383 e. The molecule has 0 atom stereocenters. The Morgan fingerprint density at radius 3 is 2.30 bits per heavy atom. The van der Waals surface area contributed by atoms with Crippen LogP contribution in [0.3, 0.4) is 0 Å². The minimum absolute atomic E-state index is 0.689. The summed E-state index contributed by atoms with van der Waals surface area (Å²) in [6.07, 6.45) is 0. The van der Waals surface area contributed by atoms with Crippen LogP contribution >= 0.6 is 0 Å². The molecule has 116 valence electrons. The molecule has 20 heavy (non-hydrogen) atoms. The van der Waals surface area contributed by atoms with Crippen LogP contribution in [0.1, 0.15) is 18.2 Å². The summed E-state index contributed by atoms with van der Waals surface area (Å²) in [5, 5.41) is 7.94. The van der Waals surface area contributed by atoms with E-state index < -0.39 is 0 Å². The molecule has 0 radical (unpaired) electrons. The molecule has 0 bridgehead atoms. The van der Waals surface area contributed by atoms with Gasteiger partial charge in [0.25, 0.3) is 0 Å². The van der Waals surface area contributed by atoms with E-state index >= 15 is 0 Å². The van der Waals surface area contributed by atoms with Crippen LogP contribution in [0.25, 0.3) is 0 Å². The summed E-state index contributed by atoms with van der Waals surface area (Å²) in [5.41, 5.74) is 2.32. The van der Waals surface area contributed by atoms with Crippen molar-refractivity contribution in [3.8, 4) is 0 Å². The van der Waals surface area contributed by atoms with E-state index in [0.717, 1.165) is 37.7 Å². The third-order valence-electron chi connectivity index (χ3n) is 3.30. The Bertz CT molecular complexity index is 385. The maximum Gasteiger partial charge on any atom is 0.131 e. The second kappa shape index (κ2) is 8.94. The first-order valence-corrected chi connectivity index (χ1v) is 7.11. The number of rotatable bonds is 10. The van der Waals surface area contributed by atoms with Gasteiger partial charge in [0.15, 0.2) is 0 Å². The highest BCUT2D eigenvalue weighted by Gasteiger charge is 2.18. The van der Waals surface area contributed by atoms with E-state index in [2.05, 4.69) is 29.2 Å². The zero-order valence-corrected chi connectivity index (χ0v) is 13.4. The molecule has 1 aromatic rings. The number of hydrogen-bond acceptors (Lipinski definition) is 5. The molecule has 0 aromatic carbocycles. The first-order valence-electron chi connectivity index (χ1n) is 7.11. The van der Waals surface area contributed by atoms with E-state index in [4.69, 9.17) is 9.47 Å². The van der Waals surface area contributed by atoms with E-state index in [0.29, 0.717) is 13.2 Å². The van der Waals surface area contributed by atoms with Crippen LogP contribution in [-0.2, 0) is 23.1 Å². The second-order valence-corrected chi connectivity index (χ2v) is 4.76. The summed E-state index contributed by atoms with van der Waals surface area (Å²) < 4.78 is 12.4. The minimum Gasteiger partial charge on any atom is -0.383 e. The topological polar surface area (TPSA) is 51.6 Å². The molecule has 0 fully saturated rings. The number of aromatic nitrogens is 2. The van der Waals surface area contributed by atoms with Crippen LogP contribution in [-0.4, -0.2) is 56.8 Å². The quantitative estimate of drug-likeness (QED) is 0.693. The summed E-state index contributed by atoms with van der Waals surface area (Å²) >= 11 is 0. The fourth-order valence-electron chi connectivity index (χ4n) is 2.27. The average Bonchev–Trinajstić information content (AvgIpc) is 2.71. The molecular weight excluding hydrogens is 256 g/mol. The number of methoxy groups -OCH3 is 2. The van der Waals surface area contributed by atoms with Gasteiger partial charge in [0, 0.05) is 46.5 Å². The molecule has 0 amide bonds. The van der Waals surface area contributed by atoms with Crippen molar-refractivity contribution in [3.63, 3.8) is 0 Å². The van der Waals surface area contributed by atoms with Gasteiger partial charge >= 0.3 is 0 Å². The minimum atomic E-state index is 0.689. The van der Waals surface area contributed by atoms with Gasteiger partial charge in [-0.15, -0.1) is 0 Å². The van der Waals surface area contributed by atoms with Crippen LogP contribution in [0.4, 0.5) is 5.82 Å². The monoisotopic (exact) mass is 284 g/mol. The SMILES string of the molecule is CCNCc1c(C)nn(C)c1N(CCOC)CCOC. The van der Waals surface area contributed by atoms with Crippen molar-refractivity contribution in [2.75, 3.05) is 52.0 Å². The van der Waals surface area contributed by atoms with Crippen molar-refractivity contribution in [1.82, 2.24) is 15.1 Å². The Labute approximate surface area is 122 Å². The van der Waals surface area contributed by atoms with E-state index in [-0.39, 0.29) is 0 Å². The summed E-state index contributed by atoms with van der Waals surface area (Å²) in [6, 6.07) is 0. The first kappa shape index (κ1) is 16.9. The molecule has 6 heteroatoms. The Kier molecular flexibility index (Phi) is 7.58. The van der Waals surface area contributed by atoms with Crippen molar-refractivity contribution >= 4 is 5.82 Å². The molecule has 0 aliphatic heterocycles. The lowest BCUT2D eigenvalue weighted by molar-refractivity contribution is 0.189. The maximum atomic E-state index is 5.21. The van der Waals surface area contributed by atoms with Gasteiger partial charge in [-0.2, -0.15) is 5.10 Å². The highest BCUT2D eigenvalue weighted by atomic mass is 16.5.